The van der Waals surface area contributed by atoms with Crippen molar-refractivity contribution in [2.75, 3.05) is 19.7 Å². The Kier molecular flexibility index (Phi) is 4.39. The molecule has 2 amide bonds. The summed E-state index contributed by atoms with van der Waals surface area (Å²) in [6.07, 6.45) is 1.37. The lowest BCUT2D eigenvalue weighted by Crippen LogP contribution is -2.39. The van der Waals surface area contributed by atoms with Gasteiger partial charge in [0, 0.05) is 30.6 Å². The topological polar surface area (TPSA) is 83.2 Å². The van der Waals surface area contributed by atoms with Crippen LogP contribution in [0, 0.1) is 0 Å². The van der Waals surface area contributed by atoms with E-state index in [2.05, 4.69) is 15.6 Å². The molecule has 3 rings (SSSR count). The molecule has 1 aliphatic heterocycles. The van der Waals surface area contributed by atoms with Crippen LogP contribution in [-0.4, -0.2) is 42.6 Å². The summed E-state index contributed by atoms with van der Waals surface area (Å²) in [5.74, 6) is -0.278. The molecule has 0 radical (unpaired) electrons. The number of benzene rings is 1. The predicted octanol–water partition coefficient (Wildman–Crippen LogP) is 1.19. The molecule has 116 valence electrons. The fraction of sp³-hybridized carbons (Fsp3) is 0.375. The lowest BCUT2D eigenvalue weighted by molar-refractivity contribution is -0.129. The molecule has 1 atom stereocenters. The number of carbonyl (C=O) groups excluding carboxylic acids is 2. The summed E-state index contributed by atoms with van der Waals surface area (Å²) in [6, 6.07) is 9.54. The minimum absolute atomic E-state index is 0.0997. The normalized spacial score (nSPS) is 17.5. The molecule has 1 aromatic heterocycles. The molecule has 0 bridgehead atoms. The number of amides is 2. The number of para-hydroxylation sites is 1. The second kappa shape index (κ2) is 6.62. The van der Waals surface area contributed by atoms with Crippen molar-refractivity contribution in [1.82, 2.24) is 15.6 Å². The number of aromatic amines is 1. The Bertz CT molecular complexity index is 641. The number of nitrogens with one attached hydrogen (secondary N) is 3. The van der Waals surface area contributed by atoms with E-state index in [0.717, 1.165) is 23.7 Å². The Morgan fingerprint density at radius 2 is 2.05 bits per heavy atom. The van der Waals surface area contributed by atoms with Crippen LogP contribution in [0.3, 0.4) is 0 Å². The predicted molar refractivity (Wildman–Crippen MR) is 82.6 cm³/mol. The molecule has 1 aliphatic rings. The lowest BCUT2D eigenvalue weighted by atomic mass is 10.2. The van der Waals surface area contributed by atoms with Gasteiger partial charge in [-0.3, -0.25) is 9.59 Å². The molecule has 0 spiro atoms. The van der Waals surface area contributed by atoms with Gasteiger partial charge >= 0.3 is 0 Å². The van der Waals surface area contributed by atoms with Crippen molar-refractivity contribution in [1.29, 1.82) is 0 Å². The van der Waals surface area contributed by atoms with Crippen LogP contribution in [0.15, 0.2) is 30.3 Å². The zero-order valence-corrected chi connectivity index (χ0v) is 12.2. The van der Waals surface area contributed by atoms with E-state index in [9.17, 15) is 9.59 Å². The fourth-order valence-electron chi connectivity index (χ4n) is 2.55. The van der Waals surface area contributed by atoms with Crippen molar-refractivity contribution in [3.8, 4) is 0 Å². The SMILES string of the molecule is O=C(NCCNC(=O)[C@H]1CCCO1)c1cc2ccccc2[nH]1. The molecule has 0 unspecified atom stereocenters. The van der Waals surface area contributed by atoms with E-state index in [4.69, 9.17) is 4.74 Å². The first-order valence-corrected chi connectivity index (χ1v) is 7.49. The number of fused-ring (bicyclic) bond motifs is 1. The van der Waals surface area contributed by atoms with Gasteiger partial charge < -0.3 is 20.4 Å². The molecule has 2 heterocycles. The molecule has 6 nitrogen and oxygen atoms in total. The van der Waals surface area contributed by atoms with Gasteiger partial charge in [0.25, 0.3) is 5.91 Å². The average molecular weight is 301 g/mol. The highest BCUT2D eigenvalue weighted by Crippen LogP contribution is 2.14. The van der Waals surface area contributed by atoms with Gasteiger partial charge in [-0.2, -0.15) is 0 Å². The van der Waals surface area contributed by atoms with Crippen molar-refractivity contribution in [3.05, 3.63) is 36.0 Å². The van der Waals surface area contributed by atoms with Crippen LogP contribution >= 0.6 is 0 Å². The Labute approximate surface area is 128 Å². The summed E-state index contributed by atoms with van der Waals surface area (Å²) in [4.78, 5) is 26.8. The highest BCUT2D eigenvalue weighted by molar-refractivity contribution is 5.98. The van der Waals surface area contributed by atoms with Gasteiger partial charge in [-0.1, -0.05) is 18.2 Å². The third kappa shape index (κ3) is 3.28. The van der Waals surface area contributed by atoms with Crippen molar-refractivity contribution in [3.63, 3.8) is 0 Å². The van der Waals surface area contributed by atoms with Gasteiger partial charge in [0.05, 0.1) is 0 Å². The third-order valence-electron chi connectivity index (χ3n) is 3.71. The molecule has 6 heteroatoms. The molecule has 0 aliphatic carbocycles. The fourth-order valence-corrected chi connectivity index (χ4v) is 2.55. The van der Waals surface area contributed by atoms with E-state index in [-0.39, 0.29) is 17.9 Å². The third-order valence-corrected chi connectivity index (χ3v) is 3.71. The van der Waals surface area contributed by atoms with Crippen LogP contribution in [0.25, 0.3) is 10.9 Å². The second-order valence-corrected chi connectivity index (χ2v) is 5.32. The Morgan fingerprint density at radius 3 is 2.82 bits per heavy atom. The van der Waals surface area contributed by atoms with Crippen LogP contribution in [-0.2, 0) is 9.53 Å². The first kappa shape index (κ1) is 14.6. The summed E-state index contributed by atoms with van der Waals surface area (Å²) >= 11 is 0. The van der Waals surface area contributed by atoms with Crippen LogP contribution in [0.4, 0.5) is 0 Å². The van der Waals surface area contributed by atoms with Gasteiger partial charge in [0.2, 0.25) is 5.91 Å². The highest BCUT2D eigenvalue weighted by atomic mass is 16.5. The molecule has 3 N–H and O–H groups in total. The molecule has 1 fully saturated rings. The lowest BCUT2D eigenvalue weighted by Gasteiger charge is -2.10. The van der Waals surface area contributed by atoms with Gasteiger partial charge in [-0.25, -0.2) is 0 Å². The molecule has 2 aromatic rings. The second-order valence-electron chi connectivity index (χ2n) is 5.32. The van der Waals surface area contributed by atoms with Gasteiger partial charge in [-0.05, 0) is 25.0 Å². The monoisotopic (exact) mass is 301 g/mol. The summed E-state index contributed by atoms with van der Waals surface area (Å²) in [6.45, 7) is 1.42. The number of carbonyl (C=O) groups is 2. The Morgan fingerprint density at radius 1 is 1.23 bits per heavy atom. The molecule has 22 heavy (non-hydrogen) atoms. The van der Waals surface area contributed by atoms with E-state index >= 15 is 0 Å². The zero-order valence-electron chi connectivity index (χ0n) is 12.2. The van der Waals surface area contributed by atoms with E-state index < -0.39 is 0 Å². The van der Waals surface area contributed by atoms with E-state index in [0.29, 0.717) is 25.4 Å². The van der Waals surface area contributed by atoms with E-state index in [1.165, 1.54) is 0 Å². The van der Waals surface area contributed by atoms with Crippen molar-refractivity contribution >= 4 is 22.7 Å². The smallest absolute Gasteiger partial charge is 0.267 e. The highest BCUT2D eigenvalue weighted by Gasteiger charge is 2.22. The summed E-state index contributed by atoms with van der Waals surface area (Å²) in [5, 5.41) is 6.55. The summed E-state index contributed by atoms with van der Waals surface area (Å²) in [5.41, 5.74) is 1.45. The maximum atomic E-state index is 12.0. The number of rotatable bonds is 5. The van der Waals surface area contributed by atoms with Gasteiger partial charge in [-0.15, -0.1) is 0 Å². The van der Waals surface area contributed by atoms with Crippen molar-refractivity contribution < 1.29 is 14.3 Å². The minimum atomic E-state index is -0.329. The standard InChI is InChI=1S/C16H19N3O3/c20-15(13-10-11-4-1-2-5-12(11)19-13)17-7-8-18-16(21)14-6-3-9-22-14/h1-2,4-5,10,14,19H,3,6-9H2,(H,17,20)(H,18,21)/t14-/m1/s1. The van der Waals surface area contributed by atoms with Crippen molar-refractivity contribution in [2.45, 2.75) is 18.9 Å². The van der Waals surface area contributed by atoms with Crippen LogP contribution in [0.5, 0.6) is 0 Å². The average Bonchev–Trinajstić information content (AvgIpc) is 3.19. The molecule has 0 saturated carbocycles. The first-order chi connectivity index (χ1) is 10.7. The molecular formula is C16H19N3O3. The Balaban J connectivity index is 1.45. The van der Waals surface area contributed by atoms with Crippen LogP contribution < -0.4 is 10.6 Å². The van der Waals surface area contributed by atoms with Crippen molar-refractivity contribution in [2.24, 2.45) is 0 Å². The van der Waals surface area contributed by atoms with Crippen LogP contribution in [0.2, 0.25) is 0 Å². The summed E-state index contributed by atoms with van der Waals surface area (Å²) in [7, 11) is 0. The number of hydrogen-bond donors (Lipinski definition) is 3. The zero-order chi connectivity index (χ0) is 15.4. The van der Waals surface area contributed by atoms with E-state index in [1.807, 2.05) is 30.3 Å². The maximum Gasteiger partial charge on any atom is 0.267 e. The maximum absolute atomic E-state index is 12.0. The van der Waals surface area contributed by atoms with Gasteiger partial charge in [0.15, 0.2) is 0 Å². The Hall–Kier alpha value is -2.34. The molecule has 1 saturated heterocycles. The van der Waals surface area contributed by atoms with Gasteiger partial charge in [0.1, 0.15) is 11.8 Å². The molecular weight excluding hydrogens is 282 g/mol. The largest absolute Gasteiger partial charge is 0.368 e. The van der Waals surface area contributed by atoms with E-state index in [1.54, 1.807) is 0 Å². The number of H-pyrrole nitrogens is 1. The minimum Gasteiger partial charge on any atom is -0.368 e. The molecule has 1 aromatic carbocycles. The number of ether oxygens (including phenoxy) is 1. The number of hydrogen-bond acceptors (Lipinski definition) is 3. The quantitative estimate of drug-likeness (QED) is 0.726. The summed E-state index contributed by atoms with van der Waals surface area (Å²) < 4.78 is 5.29. The number of aromatic nitrogens is 1. The first-order valence-electron chi connectivity index (χ1n) is 7.49. The van der Waals surface area contributed by atoms with Crippen LogP contribution in [0.1, 0.15) is 23.3 Å².